The maximum atomic E-state index is 12.6. The number of rotatable bonds is 5. The predicted molar refractivity (Wildman–Crippen MR) is 118 cm³/mol. The Bertz CT molecular complexity index is 884. The number of carbonyl (C=O) groups is 1. The summed E-state index contributed by atoms with van der Waals surface area (Å²) in [4.78, 5) is 12.6. The summed E-state index contributed by atoms with van der Waals surface area (Å²) in [6.45, 7) is 6.52. The summed E-state index contributed by atoms with van der Waals surface area (Å²) in [6, 6.07) is 13.8. The molecule has 2 atom stereocenters. The monoisotopic (exact) mass is 510 g/mol. The van der Waals surface area contributed by atoms with E-state index in [0.717, 1.165) is 25.6 Å². The Morgan fingerprint density at radius 1 is 1.19 bits per heavy atom. The summed E-state index contributed by atoms with van der Waals surface area (Å²) in [6.07, 6.45) is 2.03. The van der Waals surface area contributed by atoms with Gasteiger partial charge in [0, 0.05) is 5.02 Å². The van der Waals surface area contributed by atoms with Crippen LogP contribution in [-0.4, -0.2) is 5.97 Å². The van der Waals surface area contributed by atoms with Crippen molar-refractivity contribution in [1.82, 2.24) is 0 Å². The first-order valence-corrected chi connectivity index (χ1v) is 10.7. The average molecular weight is 513 g/mol. The van der Waals surface area contributed by atoms with Crippen molar-refractivity contribution in [2.75, 3.05) is 0 Å². The van der Waals surface area contributed by atoms with Gasteiger partial charge >= 0.3 is 5.97 Å². The molecule has 2 aromatic carbocycles. The highest BCUT2D eigenvalue weighted by molar-refractivity contribution is 9.28. The summed E-state index contributed by atoms with van der Waals surface area (Å²) >= 11 is 12.7. The second-order valence-corrected chi connectivity index (χ2v) is 10.7. The number of esters is 1. The minimum Gasteiger partial charge on any atom is -0.461 e. The first kappa shape index (κ1) is 20.6. The number of halogens is 3. The minimum absolute atomic E-state index is 0.0793. The molecule has 0 unspecified atom stereocenters. The maximum Gasteiger partial charge on any atom is 0.310 e. The first-order valence-electron chi connectivity index (χ1n) is 8.75. The summed E-state index contributed by atoms with van der Waals surface area (Å²) in [5.74, 6) is -0.0681. The standard InChI is InChI=1S/C22H21Br2ClO2/c1-13-15(5-4-6-17(13)14-7-9-16(25)10-8-14)12-27-21(26)20-18(11-19(23)24)22(20,2)3/h4-11,18,20H,12H2,1-3H3/t18-,20-/m0/s1. The molecule has 2 nitrogen and oxygen atoms in total. The predicted octanol–water partition coefficient (Wildman–Crippen LogP) is 7.26. The van der Waals surface area contributed by atoms with E-state index in [1.165, 1.54) is 0 Å². The molecule has 27 heavy (non-hydrogen) atoms. The van der Waals surface area contributed by atoms with Gasteiger partial charge in [-0.3, -0.25) is 4.79 Å². The molecule has 0 amide bonds. The van der Waals surface area contributed by atoms with Crippen molar-refractivity contribution in [2.45, 2.75) is 27.4 Å². The van der Waals surface area contributed by atoms with Gasteiger partial charge in [-0.1, -0.05) is 61.9 Å². The highest BCUT2D eigenvalue weighted by Crippen LogP contribution is 2.60. The Labute approximate surface area is 182 Å². The van der Waals surface area contributed by atoms with Crippen LogP contribution in [0.25, 0.3) is 11.1 Å². The van der Waals surface area contributed by atoms with Crippen LogP contribution in [-0.2, 0) is 16.1 Å². The topological polar surface area (TPSA) is 26.3 Å². The van der Waals surface area contributed by atoms with Crippen molar-refractivity contribution < 1.29 is 9.53 Å². The van der Waals surface area contributed by atoms with Crippen molar-refractivity contribution in [2.24, 2.45) is 17.3 Å². The molecule has 0 saturated heterocycles. The van der Waals surface area contributed by atoms with E-state index in [-0.39, 0.29) is 29.8 Å². The normalized spacial score (nSPS) is 20.1. The molecule has 0 spiro atoms. The van der Waals surface area contributed by atoms with E-state index in [2.05, 4.69) is 58.7 Å². The number of allylic oxidation sites excluding steroid dienone is 1. The zero-order valence-corrected chi connectivity index (χ0v) is 19.4. The molecule has 1 fully saturated rings. The lowest BCUT2D eigenvalue weighted by atomic mass is 9.97. The van der Waals surface area contributed by atoms with Crippen molar-refractivity contribution in [1.29, 1.82) is 0 Å². The molecule has 1 aliphatic carbocycles. The molecule has 0 heterocycles. The van der Waals surface area contributed by atoms with Gasteiger partial charge in [0.15, 0.2) is 0 Å². The Morgan fingerprint density at radius 3 is 2.48 bits per heavy atom. The third kappa shape index (κ3) is 4.49. The van der Waals surface area contributed by atoms with Crippen LogP contribution < -0.4 is 0 Å². The minimum atomic E-state index is -0.140. The summed E-state index contributed by atoms with van der Waals surface area (Å²) in [5, 5.41) is 0.715. The van der Waals surface area contributed by atoms with E-state index in [0.29, 0.717) is 5.02 Å². The molecule has 2 aromatic rings. The van der Waals surface area contributed by atoms with Gasteiger partial charge in [-0.15, -0.1) is 0 Å². The van der Waals surface area contributed by atoms with E-state index in [4.69, 9.17) is 16.3 Å². The van der Waals surface area contributed by atoms with E-state index in [1.54, 1.807) is 0 Å². The largest absolute Gasteiger partial charge is 0.461 e. The number of hydrogen-bond donors (Lipinski definition) is 0. The van der Waals surface area contributed by atoms with Crippen molar-refractivity contribution >= 4 is 49.4 Å². The number of ether oxygens (including phenoxy) is 1. The molecule has 1 saturated carbocycles. The van der Waals surface area contributed by atoms with Crippen LogP contribution in [0.5, 0.6) is 0 Å². The van der Waals surface area contributed by atoms with Gasteiger partial charge in [-0.05, 0) is 84.5 Å². The van der Waals surface area contributed by atoms with E-state index in [1.807, 2.05) is 42.5 Å². The average Bonchev–Trinajstić information content (AvgIpc) is 3.14. The van der Waals surface area contributed by atoms with Gasteiger partial charge in [0.1, 0.15) is 6.61 Å². The van der Waals surface area contributed by atoms with Gasteiger partial charge in [0.25, 0.3) is 0 Å². The molecule has 0 bridgehead atoms. The third-order valence-corrected chi connectivity index (χ3v) is 6.22. The van der Waals surface area contributed by atoms with E-state index in [9.17, 15) is 4.79 Å². The van der Waals surface area contributed by atoms with E-state index >= 15 is 0 Å². The lowest BCUT2D eigenvalue weighted by molar-refractivity contribution is -0.147. The van der Waals surface area contributed by atoms with Crippen LogP contribution in [0, 0.1) is 24.2 Å². The second kappa shape index (κ2) is 8.10. The van der Waals surface area contributed by atoms with Crippen LogP contribution >= 0.6 is 43.5 Å². The number of carbonyl (C=O) groups excluding carboxylic acids is 1. The molecule has 3 rings (SSSR count). The van der Waals surface area contributed by atoms with Crippen molar-refractivity contribution in [3.63, 3.8) is 0 Å². The lowest BCUT2D eigenvalue weighted by Gasteiger charge is -2.12. The molecule has 0 radical (unpaired) electrons. The summed E-state index contributed by atoms with van der Waals surface area (Å²) in [5.41, 5.74) is 4.27. The summed E-state index contributed by atoms with van der Waals surface area (Å²) < 4.78 is 6.54. The van der Waals surface area contributed by atoms with E-state index < -0.39 is 0 Å². The first-order chi connectivity index (χ1) is 12.7. The second-order valence-electron chi connectivity index (χ2n) is 7.49. The Morgan fingerprint density at radius 2 is 1.85 bits per heavy atom. The molecule has 0 aliphatic heterocycles. The van der Waals surface area contributed by atoms with Crippen LogP contribution in [0.2, 0.25) is 5.02 Å². The third-order valence-electron chi connectivity index (χ3n) is 5.44. The molecule has 5 heteroatoms. The molecule has 0 aromatic heterocycles. The molecular formula is C22H21Br2ClO2. The van der Waals surface area contributed by atoms with Crippen LogP contribution in [0.3, 0.4) is 0 Å². The number of benzene rings is 2. The van der Waals surface area contributed by atoms with Gasteiger partial charge in [-0.25, -0.2) is 0 Å². The fourth-order valence-corrected chi connectivity index (χ4v) is 4.29. The quantitative estimate of drug-likeness (QED) is 0.394. The van der Waals surface area contributed by atoms with Gasteiger partial charge in [0.2, 0.25) is 0 Å². The van der Waals surface area contributed by atoms with Gasteiger partial charge in [-0.2, -0.15) is 0 Å². The lowest BCUT2D eigenvalue weighted by Crippen LogP contribution is -2.11. The molecule has 0 N–H and O–H groups in total. The fourth-order valence-electron chi connectivity index (χ4n) is 3.60. The number of hydrogen-bond acceptors (Lipinski definition) is 2. The Balaban J connectivity index is 1.72. The highest BCUT2D eigenvalue weighted by Gasteiger charge is 2.61. The zero-order valence-electron chi connectivity index (χ0n) is 15.4. The van der Waals surface area contributed by atoms with Crippen LogP contribution in [0.15, 0.2) is 51.9 Å². The SMILES string of the molecule is Cc1c(COC(=O)[C@@H]2[C@H](C=C(Br)Br)C2(C)C)cccc1-c1ccc(Cl)cc1. The smallest absolute Gasteiger partial charge is 0.310 e. The van der Waals surface area contributed by atoms with Crippen LogP contribution in [0.1, 0.15) is 25.0 Å². The van der Waals surface area contributed by atoms with Crippen molar-refractivity contribution in [3.05, 3.63) is 68.1 Å². The highest BCUT2D eigenvalue weighted by atomic mass is 79.9. The Hall–Kier alpha value is -1.10. The summed E-state index contributed by atoms with van der Waals surface area (Å²) in [7, 11) is 0. The fraction of sp³-hybridized carbons (Fsp3) is 0.318. The molecule has 142 valence electrons. The van der Waals surface area contributed by atoms with Gasteiger partial charge in [0.05, 0.1) is 9.31 Å². The molecule has 1 aliphatic rings. The van der Waals surface area contributed by atoms with Crippen molar-refractivity contribution in [3.8, 4) is 11.1 Å². The van der Waals surface area contributed by atoms with Crippen LogP contribution in [0.4, 0.5) is 0 Å². The zero-order chi connectivity index (χ0) is 19.8. The maximum absolute atomic E-state index is 12.6. The molecular weight excluding hydrogens is 492 g/mol. The van der Waals surface area contributed by atoms with Gasteiger partial charge < -0.3 is 4.74 Å². The Kier molecular flexibility index (Phi) is 6.19.